The minimum atomic E-state index is -0.936. The van der Waals surface area contributed by atoms with Crippen LogP contribution >= 0.6 is 0 Å². The standard InChI is InChI=1S/C41H65N7O6/c1-26(2)22-30-19-18-29(23-28-14-10-9-11-15-28)38(52)47-21-13-17-33(47)36(50)46-34(27(3)4)37(51)45-32(35(49)43-30)16-12-20-42-39(53)44-31-24-40(5,6)48(54)41(7,8)25-31/h9-11,14-15,18-19,26-27,29-34,54H,12-13,16-17,20-25H2,1-8H3,(H,43,49)(H,45,51)(H,46,50)(H2,42,44,53)/b19-18+. The first-order valence-corrected chi connectivity index (χ1v) is 19.9. The first kappa shape index (κ1) is 42.8. The number of hydrogen-bond donors (Lipinski definition) is 6. The Morgan fingerprint density at radius 1 is 0.907 bits per heavy atom. The van der Waals surface area contributed by atoms with Gasteiger partial charge in [-0.15, -0.1) is 0 Å². The summed E-state index contributed by atoms with van der Waals surface area (Å²) in [4.78, 5) is 70.5. The second-order valence-electron chi connectivity index (χ2n) is 17.5. The van der Waals surface area contributed by atoms with Gasteiger partial charge in [0.2, 0.25) is 23.6 Å². The van der Waals surface area contributed by atoms with Crippen molar-refractivity contribution in [3.8, 4) is 0 Å². The number of carbonyl (C=O) groups excluding carboxylic acids is 5. The Morgan fingerprint density at radius 3 is 2.20 bits per heavy atom. The van der Waals surface area contributed by atoms with Crippen molar-refractivity contribution >= 4 is 29.7 Å². The molecule has 1 aromatic carbocycles. The van der Waals surface area contributed by atoms with Crippen molar-refractivity contribution in [2.75, 3.05) is 13.1 Å². The Bertz CT molecular complexity index is 1480. The molecule has 3 aliphatic rings. The quantitative estimate of drug-likeness (QED) is 0.155. The molecular formula is C41H65N7O6. The highest BCUT2D eigenvalue weighted by Crippen LogP contribution is 2.36. The number of fused-ring (bicyclic) bond motifs is 1. The van der Waals surface area contributed by atoms with Crippen LogP contribution in [-0.2, 0) is 25.6 Å². The molecule has 3 heterocycles. The molecular weight excluding hydrogens is 686 g/mol. The van der Waals surface area contributed by atoms with Crippen LogP contribution in [0.5, 0.6) is 0 Å². The molecule has 0 bridgehead atoms. The van der Waals surface area contributed by atoms with Gasteiger partial charge in [-0.1, -0.05) is 70.2 Å². The van der Waals surface area contributed by atoms with Crippen LogP contribution in [0.2, 0.25) is 0 Å². The molecule has 0 spiro atoms. The number of rotatable bonds is 10. The van der Waals surface area contributed by atoms with E-state index in [1.54, 1.807) is 4.90 Å². The van der Waals surface area contributed by atoms with Gasteiger partial charge in [-0.2, -0.15) is 5.06 Å². The summed E-state index contributed by atoms with van der Waals surface area (Å²) in [5, 5.41) is 26.9. The van der Waals surface area contributed by atoms with Crippen LogP contribution < -0.4 is 26.6 Å². The van der Waals surface area contributed by atoms with Crippen molar-refractivity contribution in [3.63, 3.8) is 0 Å². The van der Waals surface area contributed by atoms with Crippen molar-refractivity contribution in [1.29, 1.82) is 0 Å². The van der Waals surface area contributed by atoms with Crippen LogP contribution in [0.15, 0.2) is 42.5 Å². The highest BCUT2D eigenvalue weighted by molar-refractivity contribution is 5.95. The van der Waals surface area contributed by atoms with Crippen LogP contribution in [0.4, 0.5) is 4.79 Å². The zero-order valence-electron chi connectivity index (χ0n) is 33.6. The summed E-state index contributed by atoms with van der Waals surface area (Å²) in [6.45, 7) is 16.3. The Morgan fingerprint density at radius 2 is 1.57 bits per heavy atom. The molecule has 2 fully saturated rings. The van der Waals surface area contributed by atoms with Gasteiger partial charge in [0.25, 0.3) is 0 Å². The first-order valence-electron chi connectivity index (χ1n) is 19.9. The molecule has 0 saturated carbocycles. The normalized spacial score (nSPS) is 27.7. The monoisotopic (exact) mass is 751 g/mol. The fourth-order valence-electron chi connectivity index (χ4n) is 8.30. The summed E-state index contributed by atoms with van der Waals surface area (Å²) in [6.07, 6.45) is 7.79. The lowest BCUT2D eigenvalue weighted by molar-refractivity contribution is -0.245. The summed E-state index contributed by atoms with van der Waals surface area (Å²) >= 11 is 0. The van der Waals surface area contributed by atoms with E-state index in [-0.39, 0.29) is 54.6 Å². The van der Waals surface area contributed by atoms with Crippen molar-refractivity contribution in [2.45, 2.75) is 148 Å². The lowest BCUT2D eigenvalue weighted by Gasteiger charge is -2.51. The molecule has 3 aliphatic heterocycles. The third-order valence-corrected chi connectivity index (χ3v) is 10.9. The van der Waals surface area contributed by atoms with E-state index in [0.29, 0.717) is 51.5 Å². The van der Waals surface area contributed by atoms with Gasteiger partial charge in [-0.25, -0.2) is 4.79 Å². The van der Waals surface area contributed by atoms with Crippen LogP contribution in [0.3, 0.4) is 0 Å². The Balaban J connectivity index is 1.53. The van der Waals surface area contributed by atoms with Crippen molar-refractivity contribution in [3.05, 3.63) is 48.0 Å². The molecule has 0 radical (unpaired) electrons. The number of piperidine rings is 1. The Labute approximate surface area is 321 Å². The van der Waals surface area contributed by atoms with Gasteiger partial charge in [0.05, 0.1) is 5.92 Å². The number of benzene rings is 1. The third kappa shape index (κ3) is 11.5. The molecule has 54 heavy (non-hydrogen) atoms. The van der Waals surface area contributed by atoms with E-state index in [1.165, 1.54) is 5.06 Å². The lowest BCUT2D eigenvalue weighted by atomic mass is 9.79. The van der Waals surface area contributed by atoms with E-state index in [9.17, 15) is 29.2 Å². The smallest absolute Gasteiger partial charge is 0.315 e. The SMILES string of the molecule is CC(C)CC1/C=C/C(Cc2ccccc2)C(=O)N2CCCC2C(=O)NC(C(C)C)C(=O)NC(CCCNC(=O)NC2CC(C)(C)N(O)C(C)(C)C2)C(=O)N1. The second kappa shape index (κ2) is 18.6. The maximum atomic E-state index is 14.2. The summed E-state index contributed by atoms with van der Waals surface area (Å²) in [6, 6.07) is 6.31. The van der Waals surface area contributed by atoms with E-state index < -0.39 is 47.1 Å². The fourth-order valence-corrected chi connectivity index (χ4v) is 8.30. The molecule has 5 unspecified atom stereocenters. The number of carbonyl (C=O) groups is 5. The second-order valence-corrected chi connectivity index (χ2v) is 17.5. The molecule has 300 valence electrons. The summed E-state index contributed by atoms with van der Waals surface area (Å²) in [7, 11) is 0. The van der Waals surface area contributed by atoms with Crippen LogP contribution in [0.25, 0.3) is 0 Å². The van der Waals surface area contributed by atoms with Gasteiger partial charge in [0.15, 0.2) is 0 Å². The average molecular weight is 752 g/mol. The number of hydroxylamine groups is 2. The number of nitrogens with zero attached hydrogens (tertiary/aromatic N) is 2. The highest BCUT2D eigenvalue weighted by Gasteiger charge is 2.45. The van der Waals surface area contributed by atoms with Crippen LogP contribution in [0, 0.1) is 17.8 Å². The Kier molecular flexibility index (Phi) is 14.7. The predicted molar refractivity (Wildman–Crippen MR) is 208 cm³/mol. The summed E-state index contributed by atoms with van der Waals surface area (Å²) in [5.74, 6) is -2.01. The molecule has 13 nitrogen and oxygen atoms in total. The van der Waals surface area contributed by atoms with E-state index >= 15 is 0 Å². The molecule has 1 aromatic rings. The van der Waals surface area contributed by atoms with Gasteiger partial charge in [0, 0.05) is 36.3 Å². The molecule has 6 amide bonds. The maximum absolute atomic E-state index is 14.2. The number of urea groups is 1. The maximum Gasteiger partial charge on any atom is 0.315 e. The Hall–Kier alpha value is -3.97. The number of nitrogens with one attached hydrogen (secondary N) is 5. The summed E-state index contributed by atoms with van der Waals surface area (Å²) < 4.78 is 0. The summed E-state index contributed by atoms with van der Waals surface area (Å²) in [5.41, 5.74) is -0.0367. The largest absolute Gasteiger partial charge is 0.348 e. The van der Waals surface area contributed by atoms with Crippen molar-refractivity contribution < 1.29 is 29.2 Å². The van der Waals surface area contributed by atoms with Gasteiger partial charge >= 0.3 is 6.03 Å². The van der Waals surface area contributed by atoms with Gasteiger partial charge in [-0.05, 0) is 96.5 Å². The van der Waals surface area contributed by atoms with Gasteiger partial charge in [-0.3, -0.25) is 19.2 Å². The van der Waals surface area contributed by atoms with E-state index in [2.05, 4.69) is 40.4 Å². The van der Waals surface area contributed by atoms with E-state index in [1.807, 2.05) is 84.0 Å². The average Bonchev–Trinajstić information content (AvgIpc) is 3.58. The third-order valence-electron chi connectivity index (χ3n) is 10.9. The van der Waals surface area contributed by atoms with Gasteiger partial charge < -0.3 is 36.7 Å². The molecule has 0 aromatic heterocycles. The zero-order chi connectivity index (χ0) is 39.8. The lowest BCUT2D eigenvalue weighted by Crippen LogP contribution is -2.63. The molecule has 4 rings (SSSR count). The number of amides is 6. The van der Waals surface area contributed by atoms with E-state index in [4.69, 9.17) is 0 Å². The van der Waals surface area contributed by atoms with Crippen molar-refractivity contribution in [2.24, 2.45) is 17.8 Å². The van der Waals surface area contributed by atoms with Crippen LogP contribution in [-0.4, -0.2) is 99.2 Å². The zero-order valence-corrected chi connectivity index (χ0v) is 33.6. The molecule has 0 aliphatic carbocycles. The highest BCUT2D eigenvalue weighted by atomic mass is 16.5. The van der Waals surface area contributed by atoms with Crippen LogP contribution in [0.1, 0.15) is 106 Å². The number of hydrogen-bond acceptors (Lipinski definition) is 7. The van der Waals surface area contributed by atoms with Crippen molar-refractivity contribution in [1.82, 2.24) is 36.5 Å². The minimum absolute atomic E-state index is 0.139. The molecule has 2 saturated heterocycles. The van der Waals surface area contributed by atoms with E-state index in [0.717, 1.165) is 5.56 Å². The molecule has 5 atom stereocenters. The fraction of sp³-hybridized carbons (Fsp3) is 0.683. The minimum Gasteiger partial charge on any atom is -0.348 e. The molecule has 13 heteroatoms. The predicted octanol–water partition coefficient (Wildman–Crippen LogP) is 4.05. The topological polar surface area (TPSA) is 172 Å². The first-order chi connectivity index (χ1) is 25.4. The molecule has 6 N–H and O–H groups in total. The van der Waals surface area contributed by atoms with Gasteiger partial charge in [0.1, 0.15) is 18.1 Å².